The van der Waals surface area contributed by atoms with Crippen LogP contribution in [-0.2, 0) is 9.47 Å². The van der Waals surface area contributed by atoms with Crippen LogP contribution in [0.5, 0.6) is 0 Å². The summed E-state index contributed by atoms with van der Waals surface area (Å²) < 4.78 is 11.0. The molecule has 1 heterocycles. The van der Waals surface area contributed by atoms with E-state index < -0.39 is 17.3 Å². The van der Waals surface area contributed by atoms with Crippen molar-refractivity contribution in [3.63, 3.8) is 0 Å². The van der Waals surface area contributed by atoms with Crippen LogP contribution in [0.3, 0.4) is 0 Å². The molecule has 2 unspecified atom stereocenters. The van der Waals surface area contributed by atoms with Gasteiger partial charge in [0.1, 0.15) is 11.2 Å². The largest absolute Gasteiger partial charge is 0.444 e. The zero-order chi connectivity index (χ0) is 21.9. The first-order valence-corrected chi connectivity index (χ1v) is 10.2. The van der Waals surface area contributed by atoms with Gasteiger partial charge in [0, 0.05) is 18.6 Å². The number of alkyl carbamates (subject to hydrolysis) is 1. The predicted molar refractivity (Wildman–Crippen MR) is 111 cm³/mol. The van der Waals surface area contributed by atoms with Crippen LogP contribution < -0.4 is 11.1 Å². The summed E-state index contributed by atoms with van der Waals surface area (Å²) in [4.78, 5) is 26.6. The lowest BCUT2D eigenvalue weighted by Crippen LogP contribution is -2.46. The SMILES string of the molecule is C[C@@H](NC(=O)OC(C)(C)C)C(CN)CC1CC(C)(C)CN1C(=O)OC(C)(C)C. The quantitative estimate of drug-likeness (QED) is 0.731. The average molecular weight is 400 g/mol. The Kier molecular flexibility index (Phi) is 7.79. The molecule has 28 heavy (non-hydrogen) atoms. The van der Waals surface area contributed by atoms with Gasteiger partial charge in [-0.15, -0.1) is 0 Å². The van der Waals surface area contributed by atoms with Crippen LogP contribution in [-0.4, -0.2) is 53.5 Å². The number of amides is 2. The Hall–Kier alpha value is -1.50. The van der Waals surface area contributed by atoms with E-state index >= 15 is 0 Å². The van der Waals surface area contributed by atoms with Crippen LogP contribution in [0.25, 0.3) is 0 Å². The van der Waals surface area contributed by atoms with Crippen LogP contribution in [0.15, 0.2) is 0 Å². The number of nitrogens with two attached hydrogens (primary N) is 1. The lowest BCUT2D eigenvalue weighted by molar-refractivity contribution is 0.0188. The molecular formula is C21H41N3O4. The van der Waals surface area contributed by atoms with Crippen molar-refractivity contribution in [1.82, 2.24) is 10.2 Å². The van der Waals surface area contributed by atoms with E-state index in [1.807, 2.05) is 53.4 Å². The van der Waals surface area contributed by atoms with Crippen LogP contribution in [0, 0.1) is 11.3 Å². The highest BCUT2D eigenvalue weighted by atomic mass is 16.6. The van der Waals surface area contributed by atoms with Crippen LogP contribution in [0.2, 0.25) is 0 Å². The van der Waals surface area contributed by atoms with Crippen molar-refractivity contribution in [2.45, 2.75) is 98.4 Å². The smallest absolute Gasteiger partial charge is 0.410 e. The molecule has 1 rings (SSSR count). The van der Waals surface area contributed by atoms with E-state index in [0.717, 1.165) is 6.42 Å². The lowest BCUT2D eigenvalue weighted by atomic mass is 9.86. The van der Waals surface area contributed by atoms with Crippen LogP contribution in [0.4, 0.5) is 9.59 Å². The molecule has 0 saturated carbocycles. The Balaban J connectivity index is 2.81. The molecule has 0 bridgehead atoms. The number of nitrogens with zero attached hydrogens (tertiary/aromatic N) is 1. The van der Waals surface area contributed by atoms with Crippen LogP contribution in [0.1, 0.15) is 75.2 Å². The van der Waals surface area contributed by atoms with Gasteiger partial charge in [-0.1, -0.05) is 13.8 Å². The topological polar surface area (TPSA) is 93.9 Å². The minimum atomic E-state index is -0.551. The lowest BCUT2D eigenvalue weighted by Gasteiger charge is -2.32. The van der Waals surface area contributed by atoms with Gasteiger partial charge in [-0.25, -0.2) is 9.59 Å². The third-order valence-corrected chi connectivity index (χ3v) is 4.78. The third kappa shape index (κ3) is 8.25. The predicted octanol–water partition coefficient (Wildman–Crippen LogP) is 3.90. The number of rotatable bonds is 5. The highest BCUT2D eigenvalue weighted by molar-refractivity contribution is 5.69. The maximum absolute atomic E-state index is 12.7. The first kappa shape index (κ1) is 24.5. The zero-order valence-electron chi connectivity index (χ0n) is 19.2. The van der Waals surface area contributed by atoms with Crippen molar-refractivity contribution in [3.8, 4) is 0 Å². The highest BCUT2D eigenvalue weighted by Gasteiger charge is 2.42. The van der Waals surface area contributed by atoms with Crippen molar-refractivity contribution >= 4 is 12.2 Å². The first-order chi connectivity index (χ1) is 12.5. The van der Waals surface area contributed by atoms with Crippen LogP contribution >= 0.6 is 0 Å². The van der Waals surface area contributed by atoms with Gasteiger partial charge in [0.2, 0.25) is 0 Å². The molecule has 3 atom stereocenters. The molecule has 0 aromatic carbocycles. The molecule has 0 aliphatic carbocycles. The standard InChI is InChI=1S/C21H41N3O4/c1-14(23-17(25)27-19(2,3)4)15(12-22)10-16-11-21(8,9)13-24(16)18(26)28-20(5,6)7/h14-16H,10-13,22H2,1-9H3,(H,23,25)/t14-,15?,16?/m1/s1. The summed E-state index contributed by atoms with van der Waals surface area (Å²) in [5.41, 5.74) is 4.95. The van der Waals surface area contributed by atoms with Gasteiger partial charge < -0.3 is 25.4 Å². The van der Waals surface area contributed by atoms with E-state index in [9.17, 15) is 9.59 Å². The zero-order valence-corrected chi connectivity index (χ0v) is 19.2. The Labute approximate surface area is 170 Å². The Morgan fingerprint density at radius 2 is 1.68 bits per heavy atom. The molecule has 2 amide bonds. The molecule has 1 aliphatic rings. The van der Waals surface area contributed by atoms with Crippen molar-refractivity contribution < 1.29 is 19.1 Å². The number of hydrogen-bond donors (Lipinski definition) is 2. The molecule has 0 aromatic heterocycles. The van der Waals surface area contributed by atoms with E-state index in [1.165, 1.54) is 0 Å². The van der Waals surface area contributed by atoms with Crippen molar-refractivity contribution in [3.05, 3.63) is 0 Å². The summed E-state index contributed by atoms with van der Waals surface area (Å²) in [6.45, 7) is 18.4. The van der Waals surface area contributed by atoms with Crippen molar-refractivity contribution in [2.24, 2.45) is 17.1 Å². The molecule has 1 fully saturated rings. The molecule has 7 heteroatoms. The van der Waals surface area contributed by atoms with Gasteiger partial charge in [0.05, 0.1) is 0 Å². The summed E-state index contributed by atoms with van der Waals surface area (Å²) in [6.07, 6.45) is 0.846. The molecule has 1 saturated heterocycles. The maximum Gasteiger partial charge on any atom is 0.410 e. The molecule has 3 N–H and O–H groups in total. The van der Waals surface area contributed by atoms with Crippen molar-refractivity contribution in [1.29, 1.82) is 0 Å². The second kappa shape index (κ2) is 8.89. The van der Waals surface area contributed by atoms with Gasteiger partial charge in [-0.3, -0.25) is 0 Å². The van der Waals surface area contributed by atoms with E-state index in [4.69, 9.17) is 15.2 Å². The van der Waals surface area contributed by atoms with Gasteiger partial charge in [-0.05, 0) is 79.2 Å². The number of likely N-dealkylation sites (tertiary alicyclic amines) is 1. The highest BCUT2D eigenvalue weighted by Crippen LogP contribution is 2.37. The van der Waals surface area contributed by atoms with Crippen molar-refractivity contribution in [2.75, 3.05) is 13.1 Å². The Morgan fingerprint density at radius 1 is 1.14 bits per heavy atom. The molecule has 0 aromatic rings. The number of nitrogens with one attached hydrogen (secondary N) is 1. The fourth-order valence-corrected chi connectivity index (χ4v) is 3.61. The number of carbonyl (C=O) groups excluding carboxylic acids is 2. The van der Waals surface area contributed by atoms with E-state index in [-0.39, 0.29) is 29.5 Å². The monoisotopic (exact) mass is 399 g/mol. The number of hydrogen-bond acceptors (Lipinski definition) is 5. The van der Waals surface area contributed by atoms with E-state index in [2.05, 4.69) is 19.2 Å². The molecule has 0 radical (unpaired) electrons. The fourth-order valence-electron chi connectivity index (χ4n) is 3.61. The third-order valence-electron chi connectivity index (χ3n) is 4.78. The summed E-state index contributed by atoms with van der Waals surface area (Å²) >= 11 is 0. The minimum absolute atomic E-state index is 0.0164. The molecular weight excluding hydrogens is 358 g/mol. The average Bonchev–Trinajstić information content (AvgIpc) is 2.75. The Bertz CT molecular complexity index is 549. The summed E-state index contributed by atoms with van der Waals surface area (Å²) in [7, 11) is 0. The van der Waals surface area contributed by atoms with E-state index in [1.54, 1.807) is 0 Å². The van der Waals surface area contributed by atoms with Gasteiger partial charge >= 0.3 is 12.2 Å². The van der Waals surface area contributed by atoms with Gasteiger partial charge in [-0.2, -0.15) is 0 Å². The molecule has 164 valence electrons. The normalized spacial score (nSPS) is 21.8. The van der Waals surface area contributed by atoms with Gasteiger partial charge in [0.15, 0.2) is 0 Å². The van der Waals surface area contributed by atoms with Gasteiger partial charge in [0.25, 0.3) is 0 Å². The maximum atomic E-state index is 12.7. The number of ether oxygens (including phenoxy) is 2. The fraction of sp³-hybridized carbons (Fsp3) is 0.905. The first-order valence-electron chi connectivity index (χ1n) is 10.2. The number of carbonyl (C=O) groups is 2. The molecule has 7 nitrogen and oxygen atoms in total. The van der Waals surface area contributed by atoms with E-state index in [0.29, 0.717) is 19.5 Å². The summed E-state index contributed by atoms with van der Waals surface area (Å²) in [5.74, 6) is 0.0244. The molecule has 1 aliphatic heterocycles. The Morgan fingerprint density at radius 3 is 2.14 bits per heavy atom. The second-order valence-corrected chi connectivity index (χ2v) is 10.8. The molecule has 0 spiro atoms. The summed E-state index contributed by atoms with van der Waals surface area (Å²) in [5, 5.41) is 2.89. The summed E-state index contributed by atoms with van der Waals surface area (Å²) in [6, 6.07) is -0.134. The second-order valence-electron chi connectivity index (χ2n) is 10.8. The minimum Gasteiger partial charge on any atom is -0.444 e.